The molecule has 90 valence electrons. The average Bonchev–Trinajstić information content (AvgIpc) is 2.72. The van der Waals surface area contributed by atoms with Crippen molar-refractivity contribution in [1.82, 2.24) is 5.32 Å². The van der Waals surface area contributed by atoms with Gasteiger partial charge in [-0.25, -0.2) is 0 Å². The fourth-order valence-electron chi connectivity index (χ4n) is 2.16. The summed E-state index contributed by atoms with van der Waals surface area (Å²) in [4.78, 5) is 1.40. The van der Waals surface area contributed by atoms with E-state index in [2.05, 4.69) is 61.8 Å². The molecule has 1 unspecified atom stereocenters. The largest absolute Gasteiger partial charge is 0.306 e. The molecule has 0 aliphatic carbocycles. The molecule has 17 heavy (non-hydrogen) atoms. The number of aryl methyl sites for hydroxylation is 2. The topological polar surface area (TPSA) is 12.0 Å². The molecule has 2 heteroatoms. The minimum absolute atomic E-state index is 0.325. The summed E-state index contributed by atoms with van der Waals surface area (Å²) in [5.41, 5.74) is 4.08. The van der Waals surface area contributed by atoms with Crippen LogP contribution in [0.25, 0.3) is 0 Å². The smallest absolute Gasteiger partial charge is 0.0587 e. The monoisotopic (exact) mass is 245 g/mol. The van der Waals surface area contributed by atoms with Crippen molar-refractivity contribution in [3.05, 3.63) is 57.3 Å². The van der Waals surface area contributed by atoms with Gasteiger partial charge in [0.25, 0.3) is 0 Å². The van der Waals surface area contributed by atoms with Crippen molar-refractivity contribution >= 4 is 11.3 Å². The van der Waals surface area contributed by atoms with Gasteiger partial charge in [-0.15, -0.1) is 11.3 Å². The van der Waals surface area contributed by atoms with Crippen LogP contribution < -0.4 is 5.32 Å². The van der Waals surface area contributed by atoms with Gasteiger partial charge in [-0.1, -0.05) is 36.8 Å². The lowest BCUT2D eigenvalue weighted by Crippen LogP contribution is -2.22. The van der Waals surface area contributed by atoms with Crippen molar-refractivity contribution in [1.29, 1.82) is 0 Å². The Morgan fingerprint density at radius 3 is 2.65 bits per heavy atom. The molecule has 1 aromatic carbocycles. The Balaban J connectivity index is 2.39. The van der Waals surface area contributed by atoms with Gasteiger partial charge in [0.05, 0.1) is 6.04 Å². The maximum Gasteiger partial charge on any atom is 0.0587 e. The molecule has 1 N–H and O–H groups in total. The van der Waals surface area contributed by atoms with Crippen molar-refractivity contribution in [2.24, 2.45) is 0 Å². The Bertz CT molecular complexity index is 487. The van der Waals surface area contributed by atoms with E-state index in [9.17, 15) is 0 Å². The zero-order valence-corrected chi connectivity index (χ0v) is 11.5. The third-order valence-electron chi connectivity index (χ3n) is 2.99. The third kappa shape index (κ3) is 2.76. The standard InChI is InChI=1S/C15H19NS/c1-4-16-15(14-8-9-17-12(14)3)13-7-5-6-11(2)10-13/h5-10,15-16H,4H2,1-3H3. The van der Waals surface area contributed by atoms with Gasteiger partial charge < -0.3 is 5.32 Å². The van der Waals surface area contributed by atoms with Crippen molar-refractivity contribution in [3.63, 3.8) is 0 Å². The number of hydrogen-bond acceptors (Lipinski definition) is 2. The normalized spacial score (nSPS) is 12.6. The summed E-state index contributed by atoms with van der Waals surface area (Å²) in [5, 5.41) is 5.75. The second-order valence-electron chi connectivity index (χ2n) is 4.34. The SMILES string of the molecule is CCNC(c1cccc(C)c1)c1ccsc1C. The van der Waals surface area contributed by atoms with Crippen LogP contribution in [-0.4, -0.2) is 6.54 Å². The Hall–Kier alpha value is -1.12. The molecule has 0 bridgehead atoms. The fraction of sp³-hybridized carbons (Fsp3) is 0.333. The summed E-state index contributed by atoms with van der Waals surface area (Å²) >= 11 is 1.82. The molecule has 0 aliphatic heterocycles. The second-order valence-corrected chi connectivity index (χ2v) is 5.46. The van der Waals surface area contributed by atoms with Crippen LogP contribution in [0, 0.1) is 13.8 Å². The molecule has 0 saturated carbocycles. The first-order valence-electron chi connectivity index (χ1n) is 6.06. The molecule has 0 spiro atoms. The molecule has 0 radical (unpaired) electrons. The van der Waals surface area contributed by atoms with E-state index in [0.717, 1.165) is 6.54 Å². The predicted octanol–water partition coefficient (Wildman–Crippen LogP) is 4.06. The van der Waals surface area contributed by atoms with Crippen molar-refractivity contribution in [2.45, 2.75) is 26.8 Å². The van der Waals surface area contributed by atoms with Crippen LogP contribution in [0.5, 0.6) is 0 Å². The minimum atomic E-state index is 0.325. The quantitative estimate of drug-likeness (QED) is 0.856. The molecule has 1 atom stereocenters. The first-order chi connectivity index (χ1) is 8.22. The number of benzene rings is 1. The van der Waals surface area contributed by atoms with Crippen LogP contribution in [0.3, 0.4) is 0 Å². The first kappa shape index (κ1) is 12.3. The van der Waals surface area contributed by atoms with Gasteiger partial charge in [0.1, 0.15) is 0 Å². The lowest BCUT2D eigenvalue weighted by molar-refractivity contribution is 0.629. The second kappa shape index (κ2) is 5.48. The lowest BCUT2D eigenvalue weighted by atomic mass is 9.98. The molecule has 0 fully saturated rings. The molecule has 0 amide bonds. The van der Waals surface area contributed by atoms with Gasteiger partial charge in [-0.3, -0.25) is 0 Å². The maximum atomic E-state index is 3.58. The van der Waals surface area contributed by atoms with Crippen LogP contribution >= 0.6 is 11.3 Å². The molecular formula is C15H19NS. The van der Waals surface area contributed by atoms with E-state index >= 15 is 0 Å². The van der Waals surface area contributed by atoms with E-state index in [4.69, 9.17) is 0 Å². The Kier molecular flexibility index (Phi) is 3.97. The van der Waals surface area contributed by atoms with E-state index < -0.39 is 0 Å². The molecule has 2 aromatic rings. The van der Waals surface area contributed by atoms with Gasteiger partial charge in [0.15, 0.2) is 0 Å². The molecule has 2 rings (SSSR count). The van der Waals surface area contributed by atoms with E-state index in [0.29, 0.717) is 6.04 Å². The Morgan fingerprint density at radius 1 is 1.24 bits per heavy atom. The highest BCUT2D eigenvalue weighted by molar-refractivity contribution is 7.10. The summed E-state index contributed by atoms with van der Waals surface area (Å²) in [6.45, 7) is 7.48. The van der Waals surface area contributed by atoms with Crippen molar-refractivity contribution in [2.75, 3.05) is 6.54 Å². The van der Waals surface area contributed by atoms with Gasteiger partial charge in [0.2, 0.25) is 0 Å². The van der Waals surface area contributed by atoms with Gasteiger partial charge in [-0.2, -0.15) is 0 Å². The fourth-order valence-corrected chi connectivity index (χ4v) is 2.90. The summed E-state index contributed by atoms with van der Waals surface area (Å²) < 4.78 is 0. The molecule has 0 saturated heterocycles. The minimum Gasteiger partial charge on any atom is -0.306 e. The maximum absolute atomic E-state index is 3.58. The molecule has 0 aliphatic rings. The zero-order chi connectivity index (χ0) is 12.3. The highest BCUT2D eigenvalue weighted by atomic mass is 32.1. The van der Waals surface area contributed by atoms with Crippen LogP contribution in [-0.2, 0) is 0 Å². The Labute approximate surface area is 108 Å². The van der Waals surface area contributed by atoms with E-state index in [-0.39, 0.29) is 0 Å². The molecule has 1 aromatic heterocycles. The average molecular weight is 245 g/mol. The van der Waals surface area contributed by atoms with Crippen LogP contribution in [0.2, 0.25) is 0 Å². The molecule has 1 heterocycles. The van der Waals surface area contributed by atoms with Gasteiger partial charge in [0, 0.05) is 4.88 Å². The highest BCUT2D eigenvalue weighted by Crippen LogP contribution is 2.28. The summed E-state index contributed by atoms with van der Waals surface area (Å²) in [6, 6.07) is 11.3. The number of hydrogen-bond donors (Lipinski definition) is 1. The van der Waals surface area contributed by atoms with Crippen LogP contribution in [0.1, 0.15) is 34.5 Å². The lowest BCUT2D eigenvalue weighted by Gasteiger charge is -2.19. The van der Waals surface area contributed by atoms with Crippen LogP contribution in [0.15, 0.2) is 35.7 Å². The van der Waals surface area contributed by atoms with Gasteiger partial charge >= 0.3 is 0 Å². The zero-order valence-electron chi connectivity index (χ0n) is 10.7. The highest BCUT2D eigenvalue weighted by Gasteiger charge is 2.15. The summed E-state index contributed by atoms with van der Waals surface area (Å²) in [6.07, 6.45) is 0. The Morgan fingerprint density at radius 2 is 2.06 bits per heavy atom. The van der Waals surface area contributed by atoms with E-state index in [1.165, 1.54) is 21.6 Å². The molecular weight excluding hydrogens is 226 g/mol. The first-order valence-corrected chi connectivity index (χ1v) is 6.94. The van der Waals surface area contributed by atoms with E-state index in [1.54, 1.807) is 0 Å². The summed E-state index contributed by atoms with van der Waals surface area (Å²) in [5.74, 6) is 0. The van der Waals surface area contributed by atoms with Crippen molar-refractivity contribution in [3.8, 4) is 0 Å². The van der Waals surface area contributed by atoms with E-state index in [1.807, 2.05) is 11.3 Å². The number of thiophene rings is 1. The summed E-state index contributed by atoms with van der Waals surface area (Å²) in [7, 11) is 0. The third-order valence-corrected chi connectivity index (χ3v) is 3.86. The van der Waals surface area contributed by atoms with Gasteiger partial charge in [-0.05, 0) is 43.0 Å². The number of nitrogens with one attached hydrogen (secondary N) is 1. The van der Waals surface area contributed by atoms with Crippen LogP contribution in [0.4, 0.5) is 0 Å². The number of rotatable bonds is 4. The predicted molar refractivity (Wildman–Crippen MR) is 75.8 cm³/mol. The molecule has 1 nitrogen and oxygen atoms in total. The van der Waals surface area contributed by atoms with Crippen molar-refractivity contribution < 1.29 is 0 Å².